The molecule has 0 saturated carbocycles. The number of hydrogen-bond acceptors (Lipinski definition) is 5. The zero-order chi connectivity index (χ0) is 24.8. The van der Waals surface area contributed by atoms with Crippen molar-refractivity contribution in [2.24, 2.45) is 0 Å². The molecule has 2 heterocycles. The molecule has 8 nitrogen and oxygen atoms in total. The number of amides is 1. The lowest BCUT2D eigenvalue weighted by atomic mass is 9.95. The van der Waals surface area contributed by atoms with Crippen LogP contribution in [0.4, 0.5) is 0 Å². The highest BCUT2D eigenvalue weighted by Gasteiger charge is 2.43. The Balaban J connectivity index is 1.69. The molecule has 1 aromatic heterocycles. The molecule has 1 saturated heterocycles. The number of benzene rings is 2. The number of Topliss-reactive ketones (excluding diaryl/α,β-unsaturated/α-hetero) is 1. The van der Waals surface area contributed by atoms with Gasteiger partial charge in [-0.2, -0.15) is 0 Å². The summed E-state index contributed by atoms with van der Waals surface area (Å²) in [5, 5.41) is 13.5. The Morgan fingerprint density at radius 2 is 1.86 bits per heavy atom. The van der Waals surface area contributed by atoms with Gasteiger partial charge in [-0.3, -0.25) is 14.6 Å². The molecular formula is C27H27N3O5. The fourth-order valence-corrected chi connectivity index (χ4v) is 4.13. The molecule has 3 aromatic rings. The second-order valence-electron chi connectivity index (χ2n) is 8.07. The lowest BCUT2D eigenvalue weighted by Gasteiger charge is -2.27. The molecule has 0 radical (unpaired) electrons. The summed E-state index contributed by atoms with van der Waals surface area (Å²) in [6.07, 6.45) is 7.76. The van der Waals surface area contributed by atoms with Gasteiger partial charge >= 0.3 is 0 Å². The first-order valence-corrected chi connectivity index (χ1v) is 11.3. The number of ether oxygens (including phenoxy) is 2. The summed E-state index contributed by atoms with van der Waals surface area (Å²) in [6, 6.07) is 12.8. The summed E-state index contributed by atoms with van der Waals surface area (Å²) < 4.78 is 12.7. The Hall–Kier alpha value is -4.33. The molecule has 1 fully saturated rings. The molecule has 1 N–H and O–H groups in total. The van der Waals surface area contributed by atoms with E-state index in [2.05, 4.69) is 11.6 Å². The van der Waals surface area contributed by atoms with E-state index >= 15 is 0 Å². The Bertz CT molecular complexity index is 1210. The van der Waals surface area contributed by atoms with Gasteiger partial charge in [0.2, 0.25) is 12.1 Å². The normalized spacial score (nSPS) is 16.9. The van der Waals surface area contributed by atoms with E-state index in [4.69, 9.17) is 9.47 Å². The minimum absolute atomic E-state index is 0.0470. The topological polar surface area (TPSA) is 98.6 Å². The maximum absolute atomic E-state index is 13.5. The average molecular weight is 474 g/mol. The predicted octanol–water partition coefficient (Wildman–Crippen LogP) is 2.19. The number of carbonyl (C=O) groups excluding carboxylic acids is 2. The summed E-state index contributed by atoms with van der Waals surface area (Å²) >= 11 is 0. The highest BCUT2D eigenvalue weighted by atomic mass is 16.5. The lowest BCUT2D eigenvalue weighted by molar-refractivity contribution is -0.695. The molecule has 1 amide bonds. The SMILES string of the molecule is C=CCOc1ccc(/C([O-])=C2\C(=O)C(=O)N(CCC[n+]3cc[nH]c3)C2c2ccc(OC)cc2)cc1. The molecule has 1 atom stereocenters. The van der Waals surface area contributed by atoms with Gasteiger partial charge in [-0.15, -0.1) is 0 Å². The zero-order valence-corrected chi connectivity index (χ0v) is 19.5. The third-order valence-electron chi connectivity index (χ3n) is 5.86. The monoisotopic (exact) mass is 473 g/mol. The first-order valence-electron chi connectivity index (χ1n) is 11.3. The van der Waals surface area contributed by atoms with Gasteiger partial charge in [0.05, 0.1) is 19.7 Å². The molecule has 8 heteroatoms. The van der Waals surface area contributed by atoms with Gasteiger partial charge in [0.15, 0.2) is 0 Å². The number of likely N-dealkylation sites (tertiary alicyclic amines) is 1. The van der Waals surface area contributed by atoms with Crippen LogP contribution in [0.2, 0.25) is 0 Å². The number of methoxy groups -OCH3 is 1. The molecule has 1 aliphatic heterocycles. The fourth-order valence-electron chi connectivity index (χ4n) is 4.13. The van der Waals surface area contributed by atoms with E-state index in [0.717, 1.165) is 0 Å². The first-order chi connectivity index (χ1) is 17.0. The van der Waals surface area contributed by atoms with E-state index < -0.39 is 23.5 Å². The number of aryl methyl sites for hydroxylation is 1. The van der Waals surface area contributed by atoms with Crippen molar-refractivity contribution in [3.8, 4) is 11.5 Å². The van der Waals surface area contributed by atoms with Crippen molar-refractivity contribution in [2.45, 2.75) is 19.0 Å². The van der Waals surface area contributed by atoms with E-state index in [1.165, 1.54) is 4.90 Å². The molecule has 35 heavy (non-hydrogen) atoms. The summed E-state index contributed by atoms with van der Waals surface area (Å²) in [6.45, 7) is 4.94. The number of H-pyrrole nitrogens is 1. The highest BCUT2D eigenvalue weighted by molar-refractivity contribution is 6.46. The number of nitrogens with one attached hydrogen (secondary N) is 1. The van der Waals surface area contributed by atoms with Crippen molar-refractivity contribution in [1.82, 2.24) is 9.88 Å². The Morgan fingerprint density at radius 1 is 1.14 bits per heavy atom. The van der Waals surface area contributed by atoms with E-state index in [9.17, 15) is 14.7 Å². The Morgan fingerprint density at radius 3 is 2.49 bits per heavy atom. The molecule has 0 bridgehead atoms. The minimum Gasteiger partial charge on any atom is -0.872 e. The molecule has 1 unspecified atom stereocenters. The summed E-state index contributed by atoms with van der Waals surface area (Å²) in [5.41, 5.74) is 0.943. The quantitative estimate of drug-likeness (QED) is 0.160. The zero-order valence-electron chi connectivity index (χ0n) is 19.5. The van der Waals surface area contributed by atoms with Crippen LogP contribution in [0.5, 0.6) is 11.5 Å². The Kier molecular flexibility index (Phi) is 7.30. The highest BCUT2D eigenvalue weighted by Crippen LogP contribution is 2.39. The second kappa shape index (κ2) is 10.7. The van der Waals surface area contributed by atoms with Crippen LogP contribution in [0, 0.1) is 0 Å². The van der Waals surface area contributed by atoms with Crippen molar-refractivity contribution < 1.29 is 28.7 Å². The number of carbonyl (C=O) groups is 2. The molecule has 4 rings (SSSR count). The van der Waals surface area contributed by atoms with E-state index in [1.54, 1.807) is 61.7 Å². The number of nitrogens with zero attached hydrogens (tertiary/aromatic N) is 2. The minimum atomic E-state index is -0.777. The van der Waals surface area contributed by atoms with Gasteiger partial charge in [-0.25, -0.2) is 4.57 Å². The van der Waals surface area contributed by atoms with Crippen LogP contribution in [0.15, 0.2) is 85.5 Å². The molecule has 1 aliphatic rings. The van der Waals surface area contributed by atoms with Crippen LogP contribution in [0.25, 0.3) is 5.76 Å². The molecule has 180 valence electrons. The van der Waals surface area contributed by atoms with Gasteiger partial charge < -0.3 is 19.5 Å². The largest absolute Gasteiger partial charge is 0.872 e. The fraction of sp³-hybridized carbons (Fsp3) is 0.222. The van der Waals surface area contributed by atoms with Crippen molar-refractivity contribution >= 4 is 17.4 Å². The number of aromatic nitrogens is 2. The molecule has 0 spiro atoms. The maximum Gasteiger partial charge on any atom is 0.295 e. The van der Waals surface area contributed by atoms with Crippen molar-refractivity contribution in [1.29, 1.82) is 0 Å². The second-order valence-corrected chi connectivity index (χ2v) is 8.07. The van der Waals surface area contributed by atoms with Gasteiger partial charge in [0.25, 0.3) is 5.91 Å². The standard InChI is InChI=1S/C27H27N3O5/c1-3-17-35-22-11-7-20(8-12-22)25(31)23-24(19-5-9-21(34-2)10-6-19)30(27(33)26(23)32)15-4-14-29-16-13-28-18-29/h3,5-13,16,18,24H,1,4,14-15,17H2,2H3,(H,31,32). The van der Waals surface area contributed by atoms with E-state index in [-0.39, 0.29) is 5.57 Å². The molecule has 2 aromatic carbocycles. The average Bonchev–Trinajstić information content (AvgIpc) is 3.50. The van der Waals surface area contributed by atoms with Crippen LogP contribution in [0.1, 0.15) is 23.6 Å². The predicted molar refractivity (Wildman–Crippen MR) is 127 cm³/mol. The number of hydrogen-bond donors (Lipinski definition) is 1. The van der Waals surface area contributed by atoms with Crippen LogP contribution in [-0.4, -0.2) is 41.8 Å². The number of ketones is 1. The van der Waals surface area contributed by atoms with Crippen molar-refractivity contribution in [3.63, 3.8) is 0 Å². The Labute approximate surface area is 203 Å². The van der Waals surface area contributed by atoms with Crippen LogP contribution in [-0.2, 0) is 16.1 Å². The van der Waals surface area contributed by atoms with Gasteiger partial charge in [0.1, 0.15) is 30.5 Å². The molecule has 0 aliphatic carbocycles. The maximum atomic E-state index is 13.5. The van der Waals surface area contributed by atoms with E-state index in [0.29, 0.717) is 48.7 Å². The van der Waals surface area contributed by atoms with Crippen molar-refractivity contribution in [3.05, 3.63) is 96.6 Å². The van der Waals surface area contributed by atoms with Gasteiger partial charge in [-0.05, 0) is 35.4 Å². The van der Waals surface area contributed by atoms with Gasteiger partial charge in [-0.1, -0.05) is 42.7 Å². The lowest BCUT2D eigenvalue weighted by Crippen LogP contribution is -2.36. The summed E-state index contributed by atoms with van der Waals surface area (Å²) in [5.74, 6) is -0.683. The van der Waals surface area contributed by atoms with Crippen molar-refractivity contribution in [2.75, 3.05) is 20.3 Å². The molecular weight excluding hydrogens is 446 g/mol. The first kappa shape index (κ1) is 23.8. The number of imidazole rings is 1. The van der Waals surface area contributed by atoms with Crippen LogP contribution < -0.4 is 19.1 Å². The third-order valence-corrected chi connectivity index (χ3v) is 5.86. The van der Waals surface area contributed by atoms with Crippen LogP contribution in [0.3, 0.4) is 0 Å². The smallest absolute Gasteiger partial charge is 0.295 e. The van der Waals surface area contributed by atoms with Gasteiger partial charge in [0, 0.05) is 18.5 Å². The summed E-state index contributed by atoms with van der Waals surface area (Å²) in [4.78, 5) is 30.6. The summed E-state index contributed by atoms with van der Waals surface area (Å²) in [7, 11) is 1.56. The number of rotatable bonds is 10. The third kappa shape index (κ3) is 5.11. The number of aromatic amines is 1. The van der Waals surface area contributed by atoms with E-state index in [1.807, 2.05) is 23.3 Å². The van der Waals surface area contributed by atoms with Crippen LogP contribution >= 0.6 is 0 Å².